The van der Waals surface area contributed by atoms with Gasteiger partial charge in [-0.05, 0) is 44.0 Å². The van der Waals surface area contributed by atoms with Crippen molar-refractivity contribution in [2.45, 2.75) is 55.2 Å². The van der Waals surface area contributed by atoms with Gasteiger partial charge in [-0.15, -0.1) is 0 Å². The van der Waals surface area contributed by atoms with Gasteiger partial charge >= 0.3 is 0 Å². The first-order chi connectivity index (χ1) is 13.1. The van der Waals surface area contributed by atoms with Gasteiger partial charge in [0.05, 0.1) is 16.6 Å². The highest BCUT2D eigenvalue weighted by Crippen LogP contribution is 2.43. The van der Waals surface area contributed by atoms with Crippen LogP contribution in [0.1, 0.15) is 37.7 Å². The number of rotatable bonds is 3. The van der Waals surface area contributed by atoms with Crippen LogP contribution in [-0.2, 0) is 10.0 Å². The van der Waals surface area contributed by atoms with Gasteiger partial charge in [0.15, 0.2) is 5.17 Å². The van der Waals surface area contributed by atoms with Gasteiger partial charge in [-0.1, -0.05) is 66.9 Å². The molecule has 0 amide bonds. The first kappa shape index (κ1) is 18.6. The number of sulfonamides is 1. The number of thioether (sulfide) groups is 1. The first-order valence-corrected chi connectivity index (χ1v) is 11.8. The number of aryl methyl sites for hydroxylation is 1. The molecule has 0 aromatic heterocycles. The van der Waals surface area contributed by atoms with Crippen molar-refractivity contribution in [1.82, 2.24) is 4.31 Å². The molecule has 27 heavy (non-hydrogen) atoms. The monoisotopic (exact) mass is 400 g/mol. The predicted octanol–water partition coefficient (Wildman–Crippen LogP) is 5.12. The third kappa shape index (κ3) is 3.78. The predicted molar refractivity (Wildman–Crippen MR) is 112 cm³/mol. The van der Waals surface area contributed by atoms with Gasteiger partial charge in [0.2, 0.25) is 0 Å². The lowest BCUT2D eigenvalue weighted by Gasteiger charge is -2.27. The van der Waals surface area contributed by atoms with Crippen LogP contribution in [0.3, 0.4) is 0 Å². The molecule has 0 spiro atoms. The molecule has 4 rings (SSSR count). The Hall–Kier alpha value is -1.79. The molecule has 2 aromatic carbocycles. The third-order valence-corrected chi connectivity index (χ3v) is 8.52. The largest absolute Gasteiger partial charge is 0.266 e. The van der Waals surface area contributed by atoms with E-state index in [1.165, 1.54) is 6.42 Å². The van der Waals surface area contributed by atoms with Crippen molar-refractivity contribution in [3.05, 3.63) is 60.2 Å². The Morgan fingerprint density at radius 3 is 2.41 bits per heavy atom. The molecule has 4 nitrogen and oxygen atoms in total. The molecule has 1 saturated heterocycles. The van der Waals surface area contributed by atoms with Gasteiger partial charge in [0.25, 0.3) is 10.0 Å². The molecule has 1 saturated carbocycles. The highest BCUT2D eigenvalue weighted by molar-refractivity contribution is 8.16. The van der Waals surface area contributed by atoms with E-state index in [4.69, 9.17) is 4.99 Å². The highest BCUT2D eigenvalue weighted by atomic mass is 32.2. The highest BCUT2D eigenvalue weighted by Gasteiger charge is 2.46. The Labute approximate surface area is 165 Å². The lowest BCUT2D eigenvalue weighted by molar-refractivity contribution is 0.411. The summed E-state index contributed by atoms with van der Waals surface area (Å²) in [5, 5.41) is 0.897. The standard InChI is InChI=1S/C21H24N2O2S2/c1-16-12-14-18(15-13-16)27(24,25)23-19-10-6-3-7-11-20(19)26-21(23)22-17-8-4-2-5-9-17/h2,4-5,8-9,12-15,19-20H,3,6-7,10-11H2,1H3/t19-,20-/m1/s1. The van der Waals surface area contributed by atoms with Gasteiger partial charge < -0.3 is 0 Å². The average molecular weight is 401 g/mol. The SMILES string of the molecule is Cc1ccc(S(=O)(=O)N2C(=Nc3ccccc3)S[C@@H]3CCCCC[C@H]32)cc1. The number of nitrogens with zero attached hydrogens (tertiary/aromatic N) is 2. The minimum atomic E-state index is -3.63. The van der Waals surface area contributed by atoms with Gasteiger partial charge in [-0.25, -0.2) is 17.7 Å². The van der Waals surface area contributed by atoms with E-state index >= 15 is 0 Å². The summed E-state index contributed by atoms with van der Waals surface area (Å²) < 4.78 is 28.7. The molecule has 142 valence electrons. The number of fused-ring (bicyclic) bond motifs is 1. The van der Waals surface area contributed by atoms with Crippen LogP contribution in [0.15, 0.2) is 64.5 Å². The summed E-state index contributed by atoms with van der Waals surface area (Å²) in [5.74, 6) is 0. The van der Waals surface area contributed by atoms with Crippen molar-refractivity contribution in [2.75, 3.05) is 0 Å². The number of hydrogen-bond acceptors (Lipinski definition) is 4. The molecule has 0 N–H and O–H groups in total. The Morgan fingerprint density at radius 2 is 1.67 bits per heavy atom. The Kier molecular flexibility index (Phi) is 5.28. The van der Waals surface area contributed by atoms with E-state index in [0.29, 0.717) is 10.1 Å². The fourth-order valence-corrected chi connectivity index (χ4v) is 7.21. The molecule has 2 fully saturated rings. The molecule has 6 heteroatoms. The van der Waals surface area contributed by atoms with Crippen LogP contribution in [0.25, 0.3) is 0 Å². The number of aliphatic imine (C=N–C) groups is 1. The summed E-state index contributed by atoms with van der Waals surface area (Å²) in [7, 11) is -3.63. The summed E-state index contributed by atoms with van der Waals surface area (Å²) >= 11 is 1.63. The van der Waals surface area contributed by atoms with Gasteiger partial charge in [-0.2, -0.15) is 0 Å². The quantitative estimate of drug-likeness (QED) is 0.718. The van der Waals surface area contributed by atoms with Crippen molar-refractivity contribution in [3.8, 4) is 0 Å². The summed E-state index contributed by atoms with van der Waals surface area (Å²) in [6.45, 7) is 1.96. The lowest BCUT2D eigenvalue weighted by Crippen LogP contribution is -2.41. The Morgan fingerprint density at radius 1 is 0.963 bits per heavy atom. The van der Waals surface area contributed by atoms with Gasteiger partial charge in [0, 0.05) is 5.25 Å². The molecule has 0 bridgehead atoms. The second-order valence-electron chi connectivity index (χ2n) is 7.21. The third-order valence-electron chi connectivity index (χ3n) is 5.22. The van der Waals surface area contributed by atoms with Crippen LogP contribution < -0.4 is 0 Å². The maximum Gasteiger partial charge on any atom is 0.266 e. The molecule has 0 unspecified atom stereocenters. The van der Waals surface area contributed by atoms with Crippen molar-refractivity contribution in [3.63, 3.8) is 0 Å². The number of para-hydroxylation sites is 1. The smallest absolute Gasteiger partial charge is 0.240 e. The maximum absolute atomic E-state index is 13.5. The van der Waals surface area contributed by atoms with Crippen molar-refractivity contribution >= 4 is 32.6 Å². The van der Waals surface area contributed by atoms with E-state index in [1.54, 1.807) is 28.2 Å². The number of benzene rings is 2. The molecule has 1 heterocycles. The second-order valence-corrected chi connectivity index (χ2v) is 10.2. The zero-order valence-electron chi connectivity index (χ0n) is 15.4. The molecular formula is C21H24N2O2S2. The molecule has 2 aliphatic rings. The van der Waals surface area contributed by atoms with Crippen LogP contribution in [-0.4, -0.2) is 29.2 Å². The van der Waals surface area contributed by atoms with E-state index in [2.05, 4.69) is 0 Å². The van der Waals surface area contributed by atoms with E-state index < -0.39 is 10.0 Å². The lowest BCUT2D eigenvalue weighted by atomic mass is 10.1. The minimum absolute atomic E-state index is 0.00809. The van der Waals surface area contributed by atoms with E-state index in [1.807, 2.05) is 49.4 Å². The van der Waals surface area contributed by atoms with Crippen LogP contribution in [0.5, 0.6) is 0 Å². The Balaban J connectivity index is 1.78. The summed E-state index contributed by atoms with van der Waals surface area (Å²) in [6.07, 6.45) is 5.35. The van der Waals surface area contributed by atoms with Crippen molar-refractivity contribution in [2.24, 2.45) is 4.99 Å². The van der Waals surface area contributed by atoms with Crippen LogP contribution in [0, 0.1) is 6.92 Å². The number of amidine groups is 1. The normalized spacial score (nSPS) is 24.6. The van der Waals surface area contributed by atoms with E-state index in [0.717, 1.165) is 36.9 Å². The van der Waals surface area contributed by atoms with Crippen molar-refractivity contribution < 1.29 is 8.42 Å². The fourth-order valence-electron chi connectivity index (χ4n) is 3.78. The first-order valence-electron chi connectivity index (χ1n) is 9.47. The topological polar surface area (TPSA) is 49.7 Å². The van der Waals surface area contributed by atoms with E-state index in [9.17, 15) is 8.42 Å². The molecule has 2 atom stereocenters. The molecular weight excluding hydrogens is 376 g/mol. The van der Waals surface area contributed by atoms with Gasteiger partial charge in [-0.3, -0.25) is 0 Å². The zero-order chi connectivity index (χ0) is 18.9. The average Bonchev–Trinajstić information content (AvgIpc) is 2.85. The molecule has 0 radical (unpaired) electrons. The molecule has 2 aromatic rings. The number of hydrogen-bond donors (Lipinski definition) is 0. The van der Waals surface area contributed by atoms with Crippen LogP contribution in [0.4, 0.5) is 5.69 Å². The van der Waals surface area contributed by atoms with Crippen molar-refractivity contribution in [1.29, 1.82) is 0 Å². The summed E-state index contributed by atoms with van der Waals surface area (Å²) in [5.41, 5.74) is 1.84. The summed E-state index contributed by atoms with van der Waals surface area (Å²) in [4.78, 5) is 5.08. The van der Waals surface area contributed by atoms with Crippen LogP contribution >= 0.6 is 11.8 Å². The van der Waals surface area contributed by atoms with E-state index in [-0.39, 0.29) is 11.3 Å². The Bertz CT molecular complexity index is 924. The van der Waals surface area contributed by atoms with Gasteiger partial charge in [0.1, 0.15) is 0 Å². The summed E-state index contributed by atoms with van der Waals surface area (Å²) in [6, 6.07) is 16.7. The second kappa shape index (κ2) is 7.68. The fraction of sp³-hybridized carbons (Fsp3) is 0.381. The maximum atomic E-state index is 13.5. The molecule has 1 aliphatic carbocycles. The zero-order valence-corrected chi connectivity index (χ0v) is 17.0. The minimum Gasteiger partial charge on any atom is -0.240 e. The van der Waals surface area contributed by atoms with Crippen LogP contribution in [0.2, 0.25) is 0 Å². The molecule has 1 aliphatic heterocycles.